The number of piperidine rings is 3. The lowest BCUT2D eigenvalue weighted by Gasteiger charge is -2.40. The SMILES string of the molecule is Cc1sc2nc1CC(=O)N1CC[C@@H](CC(=O)N3CCCC3)[C@@H](CC(=O)N3C[C@@H](NC4CCN(C)CC4)C[C@H]3C(=O)N3CCC2CC3)C1. The third kappa shape index (κ3) is 7.25. The lowest BCUT2D eigenvalue weighted by molar-refractivity contribution is -0.146. The van der Waals surface area contributed by atoms with E-state index in [4.69, 9.17) is 4.98 Å². The van der Waals surface area contributed by atoms with Crippen LogP contribution in [-0.2, 0) is 25.6 Å². The van der Waals surface area contributed by atoms with Crippen molar-refractivity contribution in [1.82, 2.24) is 34.8 Å². The summed E-state index contributed by atoms with van der Waals surface area (Å²) in [5.41, 5.74) is 0.862. The van der Waals surface area contributed by atoms with Gasteiger partial charge >= 0.3 is 0 Å². The van der Waals surface area contributed by atoms with E-state index in [2.05, 4.69) is 24.2 Å². The van der Waals surface area contributed by atoms with E-state index in [0.29, 0.717) is 58.0 Å². The number of hydrogen-bond donors (Lipinski definition) is 1. The van der Waals surface area contributed by atoms with Crippen molar-refractivity contribution in [3.8, 4) is 0 Å². The van der Waals surface area contributed by atoms with Crippen molar-refractivity contribution in [1.29, 1.82) is 0 Å². The highest BCUT2D eigenvalue weighted by molar-refractivity contribution is 7.11. The van der Waals surface area contributed by atoms with Gasteiger partial charge in [-0.3, -0.25) is 19.2 Å². The van der Waals surface area contributed by atoms with E-state index in [1.807, 2.05) is 19.6 Å². The molecule has 12 heteroatoms. The fourth-order valence-electron chi connectivity index (χ4n) is 9.05. The summed E-state index contributed by atoms with van der Waals surface area (Å²) in [5, 5.41) is 4.92. The lowest BCUT2D eigenvalue weighted by atomic mass is 9.80. The highest BCUT2D eigenvalue weighted by atomic mass is 32.1. The summed E-state index contributed by atoms with van der Waals surface area (Å²) >= 11 is 1.70. The molecule has 0 aromatic carbocycles. The topological polar surface area (TPSA) is 109 Å². The number of carbonyl (C=O) groups excluding carboxylic acids is 4. The van der Waals surface area contributed by atoms with E-state index < -0.39 is 6.04 Å². The lowest BCUT2D eigenvalue weighted by Crippen LogP contribution is -2.51. The van der Waals surface area contributed by atoms with Crippen LogP contribution in [0.3, 0.4) is 0 Å². The summed E-state index contributed by atoms with van der Waals surface area (Å²) in [5.74, 6) is 0.503. The van der Waals surface area contributed by atoms with Crippen LogP contribution in [0, 0.1) is 18.8 Å². The summed E-state index contributed by atoms with van der Waals surface area (Å²) in [4.78, 5) is 71.9. The summed E-state index contributed by atoms with van der Waals surface area (Å²) in [7, 11) is 2.16. The number of hydrogen-bond acceptors (Lipinski definition) is 8. The molecule has 1 aromatic heterocycles. The molecular weight excluding hydrogens is 614 g/mol. The Morgan fingerprint density at radius 2 is 1.60 bits per heavy atom. The van der Waals surface area contributed by atoms with E-state index in [9.17, 15) is 19.2 Å². The zero-order valence-electron chi connectivity index (χ0n) is 28.3. The molecule has 5 fully saturated rings. The number of nitrogens with zero attached hydrogens (tertiary/aromatic N) is 6. The first-order chi connectivity index (χ1) is 22.7. The fourth-order valence-corrected chi connectivity index (χ4v) is 10.2. The fraction of sp³-hybridized carbons (Fsp3) is 0.800. The van der Waals surface area contributed by atoms with Crippen molar-refractivity contribution in [2.45, 2.75) is 102 Å². The van der Waals surface area contributed by atoms with E-state index in [1.54, 1.807) is 11.3 Å². The molecule has 0 aliphatic carbocycles. The molecule has 47 heavy (non-hydrogen) atoms. The predicted molar refractivity (Wildman–Crippen MR) is 180 cm³/mol. The van der Waals surface area contributed by atoms with Gasteiger partial charge in [-0.25, -0.2) is 4.98 Å². The third-order valence-electron chi connectivity index (χ3n) is 12.1. The van der Waals surface area contributed by atoms with Gasteiger partial charge in [0.05, 0.1) is 17.1 Å². The highest BCUT2D eigenvalue weighted by Gasteiger charge is 2.45. The number of rotatable bonds is 4. The molecule has 7 aliphatic rings. The molecule has 0 radical (unpaired) electrons. The van der Waals surface area contributed by atoms with Gasteiger partial charge in [-0.05, 0) is 90.3 Å². The zero-order valence-corrected chi connectivity index (χ0v) is 29.1. The average Bonchev–Trinajstić information content (AvgIpc) is 3.83. The Hall–Kier alpha value is -2.57. The summed E-state index contributed by atoms with van der Waals surface area (Å²) in [6.45, 7) is 8.73. The first kappa shape index (κ1) is 33.0. The molecule has 6 bridgehead atoms. The summed E-state index contributed by atoms with van der Waals surface area (Å²) < 4.78 is 0. The van der Waals surface area contributed by atoms with Crippen molar-refractivity contribution in [2.75, 3.05) is 66.0 Å². The van der Waals surface area contributed by atoms with Gasteiger partial charge in [0.2, 0.25) is 23.6 Å². The van der Waals surface area contributed by atoms with Gasteiger partial charge in [0.25, 0.3) is 0 Å². The maximum absolute atomic E-state index is 14.4. The zero-order chi connectivity index (χ0) is 32.7. The molecule has 8 heterocycles. The van der Waals surface area contributed by atoms with Crippen molar-refractivity contribution >= 4 is 35.0 Å². The maximum Gasteiger partial charge on any atom is 0.245 e. The molecule has 1 N–H and O–H groups in total. The Bertz CT molecular complexity index is 1330. The summed E-state index contributed by atoms with van der Waals surface area (Å²) in [6, 6.07) is 0.00479. The largest absolute Gasteiger partial charge is 0.343 e. The van der Waals surface area contributed by atoms with Crippen LogP contribution in [0.25, 0.3) is 0 Å². The standard InChI is InChI=1S/C35H53N7O4S/c1-23-29-20-32(44)41-16-7-25(17-31(43)39-10-3-4-11-39)26(21-41)18-33(45)42-22-28(36-27-8-12-38(2)13-9-27)19-30(42)35(46)40-14-5-24(6-15-40)34(37-29)47-23/h24-28,30,36H,3-22H2,1-2H3/t25-,26-,28-,30-/m0/s1. The molecule has 0 saturated carbocycles. The van der Waals surface area contributed by atoms with Gasteiger partial charge in [-0.15, -0.1) is 11.3 Å². The quantitative estimate of drug-likeness (QED) is 0.525. The second-order valence-corrected chi connectivity index (χ2v) is 16.4. The van der Waals surface area contributed by atoms with Gasteiger partial charge < -0.3 is 29.8 Å². The van der Waals surface area contributed by atoms with Crippen molar-refractivity contribution in [3.05, 3.63) is 15.6 Å². The molecule has 4 atom stereocenters. The highest BCUT2D eigenvalue weighted by Crippen LogP contribution is 2.36. The molecule has 0 spiro atoms. The number of fused-ring (bicyclic) bond motifs is 4. The number of aryl methyl sites for hydroxylation is 1. The van der Waals surface area contributed by atoms with Crippen LogP contribution in [0.15, 0.2) is 0 Å². The number of aromatic nitrogens is 1. The molecule has 4 amide bonds. The Balaban J connectivity index is 1.15. The van der Waals surface area contributed by atoms with Crippen LogP contribution in [0.4, 0.5) is 0 Å². The van der Waals surface area contributed by atoms with Gasteiger partial charge in [0, 0.05) is 81.5 Å². The van der Waals surface area contributed by atoms with Gasteiger partial charge in [0.15, 0.2) is 0 Å². The Morgan fingerprint density at radius 1 is 0.872 bits per heavy atom. The second-order valence-electron chi connectivity index (χ2n) is 15.2. The number of likely N-dealkylation sites (tertiary alicyclic amines) is 2. The van der Waals surface area contributed by atoms with E-state index >= 15 is 0 Å². The van der Waals surface area contributed by atoms with Gasteiger partial charge in [0.1, 0.15) is 6.04 Å². The molecule has 5 saturated heterocycles. The smallest absolute Gasteiger partial charge is 0.245 e. The van der Waals surface area contributed by atoms with Crippen molar-refractivity contribution in [2.24, 2.45) is 11.8 Å². The van der Waals surface area contributed by atoms with E-state index in [-0.39, 0.29) is 60.3 Å². The number of amides is 4. The Morgan fingerprint density at radius 3 is 2.34 bits per heavy atom. The van der Waals surface area contributed by atoms with E-state index in [1.165, 1.54) is 0 Å². The van der Waals surface area contributed by atoms with Crippen LogP contribution >= 0.6 is 11.3 Å². The van der Waals surface area contributed by atoms with Crippen LogP contribution in [-0.4, -0.2) is 137 Å². The van der Waals surface area contributed by atoms with Crippen LogP contribution in [0.5, 0.6) is 0 Å². The van der Waals surface area contributed by atoms with Gasteiger partial charge in [-0.1, -0.05) is 0 Å². The molecule has 258 valence electrons. The molecule has 0 unspecified atom stereocenters. The van der Waals surface area contributed by atoms with Crippen molar-refractivity contribution < 1.29 is 19.2 Å². The normalized spacial score (nSPS) is 31.5. The van der Waals surface area contributed by atoms with Crippen LogP contribution in [0.1, 0.15) is 85.7 Å². The third-order valence-corrected chi connectivity index (χ3v) is 13.2. The molecule has 11 nitrogen and oxygen atoms in total. The number of nitrogens with one attached hydrogen (secondary N) is 1. The minimum atomic E-state index is -0.474. The van der Waals surface area contributed by atoms with Crippen molar-refractivity contribution in [3.63, 3.8) is 0 Å². The first-order valence-electron chi connectivity index (χ1n) is 18.3. The van der Waals surface area contributed by atoms with Crippen LogP contribution < -0.4 is 5.32 Å². The summed E-state index contributed by atoms with van der Waals surface area (Å²) in [6.07, 6.45) is 8.25. The molecule has 1 aromatic rings. The monoisotopic (exact) mass is 667 g/mol. The van der Waals surface area contributed by atoms with Crippen LogP contribution in [0.2, 0.25) is 0 Å². The van der Waals surface area contributed by atoms with E-state index in [0.717, 1.165) is 80.3 Å². The Kier molecular flexibility index (Phi) is 9.90. The number of carbonyl (C=O) groups is 4. The van der Waals surface area contributed by atoms with Gasteiger partial charge in [-0.2, -0.15) is 0 Å². The predicted octanol–water partition coefficient (Wildman–Crippen LogP) is 2.23. The molecular formula is C35H53N7O4S. The second kappa shape index (κ2) is 14.1. The number of thiazole rings is 1. The molecule has 7 aliphatic heterocycles. The first-order valence-corrected chi connectivity index (χ1v) is 19.1. The maximum atomic E-state index is 14.4. The molecule has 8 rings (SSSR count). The minimum absolute atomic E-state index is 0.00674. The Labute approximate surface area is 283 Å². The average molecular weight is 668 g/mol. The minimum Gasteiger partial charge on any atom is -0.343 e.